The molecule has 0 spiro atoms. The zero-order valence-electron chi connectivity index (χ0n) is 10.8. The second-order valence-electron chi connectivity index (χ2n) is 4.53. The van der Waals surface area contributed by atoms with Crippen LogP contribution < -0.4 is 5.73 Å². The van der Waals surface area contributed by atoms with Gasteiger partial charge in [0.05, 0.1) is 17.6 Å². The number of rotatable bonds is 3. The van der Waals surface area contributed by atoms with Gasteiger partial charge in [-0.1, -0.05) is 28.1 Å². The number of hydrogen-bond donors (Lipinski definition) is 2. The standard InChI is InChI=1S/C15H14BrN3O/c16-10-5-6-11(12(17)9-10)15-18-13-3-1-2-4-14(13)19(15)7-8-20/h1-6,9,20H,7-8,17H2. The maximum absolute atomic E-state index is 9.29. The molecule has 0 aliphatic heterocycles. The maximum atomic E-state index is 9.29. The van der Waals surface area contributed by atoms with Crippen molar-refractivity contribution in [3.05, 3.63) is 46.9 Å². The highest BCUT2D eigenvalue weighted by Gasteiger charge is 2.14. The van der Waals surface area contributed by atoms with E-state index in [2.05, 4.69) is 20.9 Å². The molecule has 5 heteroatoms. The largest absolute Gasteiger partial charge is 0.398 e. The van der Waals surface area contributed by atoms with Crippen molar-refractivity contribution in [2.75, 3.05) is 12.3 Å². The molecule has 4 nitrogen and oxygen atoms in total. The van der Waals surface area contributed by atoms with E-state index in [1.54, 1.807) is 0 Å². The lowest BCUT2D eigenvalue weighted by Gasteiger charge is -2.09. The average Bonchev–Trinajstić information content (AvgIpc) is 2.78. The molecule has 0 saturated heterocycles. The van der Waals surface area contributed by atoms with E-state index in [0.717, 1.165) is 26.9 Å². The molecule has 0 bridgehead atoms. The Bertz CT molecular complexity index is 767. The Morgan fingerprint density at radius 3 is 2.75 bits per heavy atom. The Labute approximate surface area is 125 Å². The van der Waals surface area contributed by atoms with Gasteiger partial charge in [-0.25, -0.2) is 4.98 Å². The van der Waals surface area contributed by atoms with Crippen molar-refractivity contribution in [3.8, 4) is 11.4 Å². The van der Waals surface area contributed by atoms with Gasteiger partial charge in [0, 0.05) is 22.3 Å². The van der Waals surface area contributed by atoms with Crippen molar-refractivity contribution in [2.24, 2.45) is 0 Å². The minimum absolute atomic E-state index is 0.0593. The minimum Gasteiger partial charge on any atom is -0.398 e. The van der Waals surface area contributed by atoms with Gasteiger partial charge >= 0.3 is 0 Å². The number of aromatic nitrogens is 2. The molecule has 0 aliphatic rings. The number of hydrogen-bond acceptors (Lipinski definition) is 3. The van der Waals surface area contributed by atoms with Crippen molar-refractivity contribution in [3.63, 3.8) is 0 Å². The summed E-state index contributed by atoms with van der Waals surface area (Å²) in [6.07, 6.45) is 0. The molecule has 0 amide bonds. The number of nitrogens with zero attached hydrogens (tertiary/aromatic N) is 2. The first kappa shape index (κ1) is 13.1. The van der Waals surface area contributed by atoms with E-state index in [0.29, 0.717) is 12.2 Å². The number of aliphatic hydroxyl groups excluding tert-OH is 1. The van der Waals surface area contributed by atoms with Gasteiger partial charge in [0.2, 0.25) is 0 Å². The quantitative estimate of drug-likeness (QED) is 0.725. The first-order valence-corrected chi connectivity index (χ1v) is 7.11. The highest BCUT2D eigenvalue weighted by Crippen LogP contribution is 2.30. The molecule has 0 aliphatic carbocycles. The molecule has 0 unspecified atom stereocenters. The van der Waals surface area contributed by atoms with Crippen LogP contribution in [0.1, 0.15) is 0 Å². The van der Waals surface area contributed by atoms with E-state index in [4.69, 9.17) is 5.73 Å². The number of fused-ring (bicyclic) bond motifs is 1. The van der Waals surface area contributed by atoms with Gasteiger partial charge in [0.25, 0.3) is 0 Å². The van der Waals surface area contributed by atoms with Crippen LogP contribution in [0.4, 0.5) is 5.69 Å². The third-order valence-electron chi connectivity index (χ3n) is 3.23. The molecule has 20 heavy (non-hydrogen) atoms. The Morgan fingerprint density at radius 1 is 1.20 bits per heavy atom. The topological polar surface area (TPSA) is 64.1 Å². The number of nitrogen functional groups attached to an aromatic ring is 1. The third-order valence-corrected chi connectivity index (χ3v) is 3.73. The Hall–Kier alpha value is -1.85. The van der Waals surface area contributed by atoms with Crippen molar-refractivity contribution < 1.29 is 5.11 Å². The van der Waals surface area contributed by atoms with Crippen LogP contribution in [0.3, 0.4) is 0 Å². The zero-order chi connectivity index (χ0) is 14.1. The highest BCUT2D eigenvalue weighted by molar-refractivity contribution is 9.10. The molecule has 3 rings (SSSR count). The minimum atomic E-state index is 0.0593. The average molecular weight is 332 g/mol. The van der Waals surface area contributed by atoms with Gasteiger partial charge in [0.1, 0.15) is 5.82 Å². The summed E-state index contributed by atoms with van der Waals surface area (Å²) in [4.78, 5) is 4.65. The number of aliphatic hydroxyl groups is 1. The smallest absolute Gasteiger partial charge is 0.143 e. The number of nitrogens with two attached hydrogens (primary N) is 1. The normalized spacial score (nSPS) is 11.1. The van der Waals surface area contributed by atoms with Gasteiger partial charge < -0.3 is 15.4 Å². The summed E-state index contributed by atoms with van der Waals surface area (Å²) in [5.74, 6) is 0.783. The van der Waals surface area contributed by atoms with Crippen molar-refractivity contribution >= 4 is 32.7 Å². The summed E-state index contributed by atoms with van der Waals surface area (Å²) in [6.45, 7) is 0.551. The lowest BCUT2D eigenvalue weighted by molar-refractivity contribution is 0.278. The van der Waals surface area contributed by atoms with Gasteiger partial charge in [-0.3, -0.25) is 0 Å². The fraction of sp³-hybridized carbons (Fsp3) is 0.133. The second-order valence-corrected chi connectivity index (χ2v) is 5.45. The van der Waals surface area contributed by atoms with E-state index in [-0.39, 0.29) is 6.61 Å². The molecule has 3 aromatic rings. The molecule has 1 aromatic heterocycles. The van der Waals surface area contributed by atoms with Crippen LogP contribution in [-0.4, -0.2) is 21.3 Å². The van der Waals surface area contributed by atoms with Crippen molar-refractivity contribution in [2.45, 2.75) is 6.54 Å². The van der Waals surface area contributed by atoms with Crippen LogP contribution in [-0.2, 0) is 6.54 Å². The molecule has 0 radical (unpaired) electrons. The predicted molar refractivity (Wildman–Crippen MR) is 84.4 cm³/mol. The number of benzene rings is 2. The summed E-state index contributed by atoms with van der Waals surface area (Å²) < 4.78 is 2.93. The molecule has 3 N–H and O–H groups in total. The van der Waals surface area contributed by atoms with Crippen LogP contribution in [0.2, 0.25) is 0 Å². The van der Waals surface area contributed by atoms with Crippen LogP contribution >= 0.6 is 15.9 Å². The van der Waals surface area contributed by atoms with Gasteiger partial charge in [-0.15, -0.1) is 0 Å². The molecule has 0 fully saturated rings. The second kappa shape index (κ2) is 5.26. The van der Waals surface area contributed by atoms with E-state index in [1.807, 2.05) is 47.0 Å². The lowest BCUT2D eigenvalue weighted by atomic mass is 10.1. The highest BCUT2D eigenvalue weighted by atomic mass is 79.9. The predicted octanol–water partition coefficient (Wildman–Crippen LogP) is 3.04. The van der Waals surface area contributed by atoms with Crippen LogP contribution in [0, 0.1) is 0 Å². The fourth-order valence-corrected chi connectivity index (χ4v) is 2.72. The molecular weight excluding hydrogens is 318 g/mol. The van der Waals surface area contributed by atoms with Crippen molar-refractivity contribution in [1.82, 2.24) is 9.55 Å². The van der Waals surface area contributed by atoms with Crippen LogP contribution in [0.25, 0.3) is 22.4 Å². The van der Waals surface area contributed by atoms with E-state index in [1.165, 1.54) is 0 Å². The summed E-state index contributed by atoms with van der Waals surface area (Å²) in [7, 11) is 0. The summed E-state index contributed by atoms with van der Waals surface area (Å²) in [6, 6.07) is 13.6. The monoisotopic (exact) mass is 331 g/mol. The first-order valence-electron chi connectivity index (χ1n) is 6.32. The molecule has 2 aromatic carbocycles. The number of anilines is 1. The van der Waals surface area contributed by atoms with E-state index in [9.17, 15) is 5.11 Å². The Morgan fingerprint density at radius 2 is 2.00 bits per heavy atom. The first-order chi connectivity index (χ1) is 9.70. The SMILES string of the molecule is Nc1cc(Br)ccc1-c1nc2ccccc2n1CCO. The number of halogens is 1. The van der Waals surface area contributed by atoms with Crippen LogP contribution in [0.15, 0.2) is 46.9 Å². The van der Waals surface area contributed by atoms with E-state index < -0.39 is 0 Å². The molecule has 0 saturated carbocycles. The van der Waals surface area contributed by atoms with Gasteiger partial charge in [-0.05, 0) is 30.3 Å². The van der Waals surface area contributed by atoms with E-state index >= 15 is 0 Å². The zero-order valence-corrected chi connectivity index (χ0v) is 12.3. The van der Waals surface area contributed by atoms with Crippen LogP contribution in [0.5, 0.6) is 0 Å². The molecule has 0 atom stereocenters. The maximum Gasteiger partial charge on any atom is 0.143 e. The lowest BCUT2D eigenvalue weighted by Crippen LogP contribution is -2.05. The Balaban J connectivity index is 2.26. The summed E-state index contributed by atoms with van der Waals surface area (Å²) in [5, 5.41) is 9.29. The molecule has 102 valence electrons. The van der Waals surface area contributed by atoms with Crippen molar-refractivity contribution in [1.29, 1.82) is 0 Å². The summed E-state index contributed by atoms with van der Waals surface area (Å²) in [5.41, 5.74) is 9.53. The van der Waals surface area contributed by atoms with Gasteiger partial charge in [-0.2, -0.15) is 0 Å². The summed E-state index contributed by atoms with van der Waals surface area (Å²) >= 11 is 3.41. The third kappa shape index (κ3) is 2.19. The molecular formula is C15H14BrN3O. The molecule has 1 heterocycles. The Kier molecular flexibility index (Phi) is 3.46. The van der Waals surface area contributed by atoms with Gasteiger partial charge in [0.15, 0.2) is 0 Å². The number of para-hydroxylation sites is 2. The fourth-order valence-electron chi connectivity index (χ4n) is 2.34. The number of imidazole rings is 1.